The van der Waals surface area contributed by atoms with E-state index in [-0.39, 0.29) is 12.5 Å². The number of nitrogens with one attached hydrogen (secondary N) is 2. The van der Waals surface area contributed by atoms with Crippen molar-refractivity contribution >= 4 is 11.9 Å². The van der Waals surface area contributed by atoms with Crippen molar-refractivity contribution in [2.24, 2.45) is 4.99 Å². The maximum atomic E-state index is 12.5. The highest BCUT2D eigenvalue weighted by molar-refractivity contribution is 5.86. The van der Waals surface area contributed by atoms with Crippen molar-refractivity contribution in [3.05, 3.63) is 65.7 Å². The Morgan fingerprint density at radius 1 is 1.07 bits per heavy atom. The smallest absolute Gasteiger partial charge is 0.242 e. The number of methoxy groups -OCH3 is 1. The highest BCUT2D eigenvalue weighted by Crippen LogP contribution is 2.17. The monoisotopic (exact) mass is 382 g/mol. The molecule has 2 aromatic carbocycles. The molecular formula is C22H30N4O2. The number of nitrogens with zero attached hydrogens (tertiary/aromatic N) is 2. The number of likely N-dealkylation sites (N-methyl/N-ethyl adjacent to an activating group) is 1. The van der Waals surface area contributed by atoms with Crippen molar-refractivity contribution in [3.63, 3.8) is 0 Å². The van der Waals surface area contributed by atoms with Gasteiger partial charge in [0.15, 0.2) is 5.96 Å². The van der Waals surface area contributed by atoms with Crippen molar-refractivity contribution in [3.8, 4) is 5.75 Å². The Morgan fingerprint density at radius 3 is 2.46 bits per heavy atom. The first-order valence-corrected chi connectivity index (χ1v) is 9.56. The molecule has 0 saturated heterocycles. The molecule has 2 aromatic rings. The molecule has 0 bridgehead atoms. The molecule has 0 saturated carbocycles. The Kier molecular flexibility index (Phi) is 8.85. The minimum atomic E-state index is 0.0408. The molecule has 6 nitrogen and oxygen atoms in total. The third kappa shape index (κ3) is 6.61. The molecule has 0 atom stereocenters. The number of hydrogen-bond acceptors (Lipinski definition) is 3. The molecule has 0 spiro atoms. The van der Waals surface area contributed by atoms with Gasteiger partial charge in [0, 0.05) is 26.7 Å². The Balaban J connectivity index is 1.79. The van der Waals surface area contributed by atoms with Gasteiger partial charge in [0.05, 0.1) is 13.7 Å². The summed E-state index contributed by atoms with van der Waals surface area (Å²) in [5, 5.41) is 6.34. The van der Waals surface area contributed by atoms with Crippen molar-refractivity contribution in [1.82, 2.24) is 15.5 Å². The number of carbonyl (C=O) groups excluding carboxylic acids is 1. The summed E-state index contributed by atoms with van der Waals surface area (Å²) in [6, 6.07) is 18.0. The van der Waals surface area contributed by atoms with Crippen LogP contribution in [-0.2, 0) is 17.8 Å². The second-order valence-corrected chi connectivity index (χ2v) is 6.31. The van der Waals surface area contributed by atoms with Crippen molar-refractivity contribution in [1.29, 1.82) is 0 Å². The van der Waals surface area contributed by atoms with Crippen molar-refractivity contribution in [2.45, 2.75) is 19.9 Å². The summed E-state index contributed by atoms with van der Waals surface area (Å²) in [4.78, 5) is 18.6. The fraction of sp³-hybridized carbons (Fsp3) is 0.364. The number of benzene rings is 2. The number of carbonyl (C=O) groups is 1. The summed E-state index contributed by atoms with van der Waals surface area (Å²) in [6.07, 6.45) is 0.799. The topological polar surface area (TPSA) is 66.0 Å². The molecule has 1 amide bonds. The normalized spacial score (nSPS) is 11.0. The molecular weight excluding hydrogens is 352 g/mol. The molecule has 0 aliphatic carbocycles. The second-order valence-electron chi connectivity index (χ2n) is 6.31. The average Bonchev–Trinajstić information content (AvgIpc) is 2.75. The van der Waals surface area contributed by atoms with Gasteiger partial charge >= 0.3 is 0 Å². The van der Waals surface area contributed by atoms with E-state index in [2.05, 4.69) is 15.6 Å². The maximum absolute atomic E-state index is 12.5. The molecule has 0 heterocycles. The molecule has 0 aliphatic heterocycles. The quantitative estimate of drug-likeness (QED) is 0.516. The summed E-state index contributed by atoms with van der Waals surface area (Å²) in [5.74, 6) is 1.53. The predicted molar refractivity (Wildman–Crippen MR) is 114 cm³/mol. The van der Waals surface area contributed by atoms with Gasteiger partial charge in [-0.1, -0.05) is 48.5 Å². The van der Waals surface area contributed by atoms with Gasteiger partial charge < -0.3 is 20.3 Å². The van der Waals surface area contributed by atoms with Gasteiger partial charge in [0.25, 0.3) is 0 Å². The second kappa shape index (κ2) is 11.6. The first kappa shape index (κ1) is 21.3. The van der Waals surface area contributed by atoms with Crippen LogP contribution in [0.25, 0.3) is 0 Å². The zero-order valence-corrected chi connectivity index (χ0v) is 16.9. The number of ether oxygens (including phenoxy) is 1. The minimum absolute atomic E-state index is 0.0408. The number of rotatable bonds is 9. The van der Waals surface area contributed by atoms with Crippen LogP contribution in [0.15, 0.2) is 59.6 Å². The average molecular weight is 383 g/mol. The van der Waals surface area contributed by atoms with E-state index in [1.165, 1.54) is 0 Å². The molecule has 0 aromatic heterocycles. The van der Waals surface area contributed by atoms with E-state index in [9.17, 15) is 4.79 Å². The summed E-state index contributed by atoms with van der Waals surface area (Å²) < 4.78 is 5.37. The largest absolute Gasteiger partial charge is 0.496 e. The number of hydrogen-bond donors (Lipinski definition) is 2. The number of guanidine groups is 1. The molecule has 0 aliphatic rings. The SMILES string of the molecule is CCN(Cc1ccccc1)C(=O)CNC(=NC)NCCc1ccccc1OC. The minimum Gasteiger partial charge on any atom is -0.496 e. The fourth-order valence-electron chi connectivity index (χ4n) is 2.90. The fourth-order valence-corrected chi connectivity index (χ4v) is 2.90. The van der Waals surface area contributed by atoms with Gasteiger partial charge in [0.2, 0.25) is 5.91 Å². The van der Waals surface area contributed by atoms with Crippen LogP contribution in [0.5, 0.6) is 5.75 Å². The third-order valence-electron chi connectivity index (χ3n) is 4.46. The summed E-state index contributed by atoms with van der Waals surface area (Å²) in [7, 11) is 3.37. The van der Waals surface area contributed by atoms with Crippen LogP contribution in [0, 0.1) is 0 Å². The van der Waals surface area contributed by atoms with Gasteiger partial charge in [-0.05, 0) is 30.5 Å². The molecule has 2 N–H and O–H groups in total. The van der Waals surface area contributed by atoms with Crippen LogP contribution < -0.4 is 15.4 Å². The first-order valence-electron chi connectivity index (χ1n) is 9.56. The van der Waals surface area contributed by atoms with E-state index in [0.717, 1.165) is 23.3 Å². The molecule has 150 valence electrons. The van der Waals surface area contributed by atoms with E-state index in [1.807, 2.05) is 66.4 Å². The highest BCUT2D eigenvalue weighted by Gasteiger charge is 2.12. The van der Waals surface area contributed by atoms with Crippen LogP contribution >= 0.6 is 0 Å². The Hall–Kier alpha value is -3.02. The molecule has 0 radical (unpaired) electrons. The lowest BCUT2D eigenvalue weighted by molar-refractivity contribution is -0.130. The number of aliphatic imine (C=N–C) groups is 1. The van der Waals surface area contributed by atoms with E-state index < -0.39 is 0 Å². The van der Waals surface area contributed by atoms with Crippen molar-refractivity contribution < 1.29 is 9.53 Å². The van der Waals surface area contributed by atoms with Gasteiger partial charge in [-0.25, -0.2) is 0 Å². The Labute approximate surface area is 167 Å². The molecule has 0 unspecified atom stereocenters. The molecule has 0 fully saturated rings. The predicted octanol–water partition coefficient (Wildman–Crippen LogP) is 2.45. The van der Waals surface area contributed by atoms with Crippen LogP contribution in [0.2, 0.25) is 0 Å². The lowest BCUT2D eigenvalue weighted by Gasteiger charge is -2.22. The summed E-state index contributed by atoms with van der Waals surface area (Å²) >= 11 is 0. The van der Waals surface area contributed by atoms with Crippen molar-refractivity contribution in [2.75, 3.05) is 33.8 Å². The van der Waals surface area contributed by atoms with Gasteiger partial charge in [-0.15, -0.1) is 0 Å². The maximum Gasteiger partial charge on any atom is 0.242 e. The zero-order chi connectivity index (χ0) is 20.2. The number of para-hydroxylation sites is 1. The lowest BCUT2D eigenvalue weighted by atomic mass is 10.1. The van der Waals surface area contributed by atoms with Crippen LogP contribution in [-0.4, -0.2) is 50.6 Å². The summed E-state index contributed by atoms with van der Waals surface area (Å²) in [5.41, 5.74) is 2.25. The van der Waals surface area contributed by atoms with E-state index in [4.69, 9.17) is 4.74 Å². The third-order valence-corrected chi connectivity index (χ3v) is 4.46. The van der Waals surface area contributed by atoms with Crippen LogP contribution in [0.3, 0.4) is 0 Å². The van der Waals surface area contributed by atoms with Crippen LogP contribution in [0.4, 0.5) is 0 Å². The summed E-state index contributed by atoms with van der Waals surface area (Å²) in [6.45, 7) is 4.15. The van der Waals surface area contributed by atoms with E-state index >= 15 is 0 Å². The molecule has 6 heteroatoms. The van der Waals surface area contributed by atoms with E-state index in [0.29, 0.717) is 25.6 Å². The number of amides is 1. The molecule has 28 heavy (non-hydrogen) atoms. The van der Waals surface area contributed by atoms with Gasteiger partial charge in [0.1, 0.15) is 5.75 Å². The van der Waals surface area contributed by atoms with E-state index in [1.54, 1.807) is 14.2 Å². The highest BCUT2D eigenvalue weighted by atomic mass is 16.5. The van der Waals surface area contributed by atoms with Crippen LogP contribution in [0.1, 0.15) is 18.1 Å². The molecule has 2 rings (SSSR count). The Morgan fingerprint density at radius 2 is 1.79 bits per heavy atom. The zero-order valence-electron chi connectivity index (χ0n) is 16.9. The van der Waals surface area contributed by atoms with Gasteiger partial charge in [-0.3, -0.25) is 9.79 Å². The standard InChI is InChI=1S/C22H30N4O2/c1-4-26(17-18-10-6-5-7-11-18)21(27)16-25-22(23-2)24-15-14-19-12-8-9-13-20(19)28-3/h5-13H,4,14-17H2,1-3H3,(H2,23,24,25). The lowest BCUT2D eigenvalue weighted by Crippen LogP contribution is -2.44. The first-order chi connectivity index (χ1) is 13.7. The Bertz CT molecular complexity index is 762. The van der Waals surface area contributed by atoms with Gasteiger partial charge in [-0.2, -0.15) is 0 Å².